The summed E-state index contributed by atoms with van der Waals surface area (Å²) in [6.07, 6.45) is 0. The molecular weight excluding hydrogens is 280 g/mol. The second-order valence-corrected chi connectivity index (χ2v) is 6.71. The highest BCUT2D eigenvalue weighted by atomic mass is 16.6. The molecule has 2 heterocycles. The number of piperazine rings is 1. The van der Waals surface area contributed by atoms with E-state index in [-0.39, 0.29) is 18.1 Å². The van der Waals surface area contributed by atoms with Gasteiger partial charge in [-0.15, -0.1) is 0 Å². The van der Waals surface area contributed by atoms with Crippen molar-refractivity contribution in [2.24, 2.45) is 5.41 Å². The monoisotopic (exact) mass is 306 g/mol. The van der Waals surface area contributed by atoms with Gasteiger partial charge in [0.05, 0.1) is 0 Å². The lowest BCUT2D eigenvalue weighted by Gasteiger charge is -2.44. The lowest BCUT2D eigenvalue weighted by Crippen LogP contribution is -2.49. The molecule has 2 N–H and O–H groups in total. The molecule has 0 amide bonds. The Morgan fingerprint density at radius 2 is 1.95 bits per heavy atom. The normalized spacial score (nSPS) is 20.7. The Morgan fingerprint density at radius 1 is 1.23 bits per heavy atom. The fourth-order valence-corrected chi connectivity index (χ4v) is 3.45. The van der Waals surface area contributed by atoms with Crippen molar-refractivity contribution in [3.8, 4) is 11.5 Å². The van der Waals surface area contributed by atoms with Crippen LogP contribution in [-0.2, 0) is 0 Å². The maximum absolute atomic E-state index is 9.95. The van der Waals surface area contributed by atoms with Crippen LogP contribution < -0.4 is 14.8 Å². The van der Waals surface area contributed by atoms with Gasteiger partial charge in [0.2, 0.25) is 0 Å². The van der Waals surface area contributed by atoms with E-state index in [1.807, 2.05) is 12.1 Å². The number of fused-ring (bicyclic) bond motifs is 1. The van der Waals surface area contributed by atoms with Gasteiger partial charge in [0.25, 0.3) is 0 Å². The number of aliphatic hydroxyl groups is 1. The smallest absolute Gasteiger partial charge is 0.166 e. The quantitative estimate of drug-likeness (QED) is 0.881. The van der Waals surface area contributed by atoms with Gasteiger partial charge >= 0.3 is 0 Å². The van der Waals surface area contributed by atoms with Gasteiger partial charge in [0, 0.05) is 49.8 Å². The van der Waals surface area contributed by atoms with Crippen molar-refractivity contribution >= 4 is 0 Å². The zero-order chi connectivity index (χ0) is 15.6. The fourth-order valence-electron chi connectivity index (χ4n) is 3.45. The Kier molecular flexibility index (Phi) is 4.57. The Morgan fingerprint density at radius 3 is 2.68 bits per heavy atom. The molecule has 0 saturated carbocycles. The van der Waals surface area contributed by atoms with Crippen LogP contribution in [0.2, 0.25) is 0 Å². The molecule has 0 aromatic heterocycles. The fraction of sp³-hybridized carbons (Fsp3) is 0.647. The topological polar surface area (TPSA) is 54.0 Å². The molecule has 1 saturated heterocycles. The van der Waals surface area contributed by atoms with E-state index in [0.29, 0.717) is 13.2 Å². The molecular formula is C17H26N2O3. The third kappa shape index (κ3) is 2.93. The Hall–Kier alpha value is -1.30. The van der Waals surface area contributed by atoms with Crippen LogP contribution in [0, 0.1) is 5.41 Å². The number of hydrogen-bond acceptors (Lipinski definition) is 5. The highest BCUT2D eigenvalue weighted by Gasteiger charge is 2.38. The predicted molar refractivity (Wildman–Crippen MR) is 85.5 cm³/mol. The largest absolute Gasteiger partial charge is 0.486 e. The van der Waals surface area contributed by atoms with Gasteiger partial charge in [-0.1, -0.05) is 26.0 Å². The molecule has 0 spiro atoms. The van der Waals surface area contributed by atoms with E-state index >= 15 is 0 Å². The van der Waals surface area contributed by atoms with Crippen molar-refractivity contribution in [2.75, 3.05) is 46.0 Å². The molecule has 2 aliphatic rings. The molecule has 0 radical (unpaired) electrons. The summed E-state index contributed by atoms with van der Waals surface area (Å²) in [6.45, 7) is 9.43. The van der Waals surface area contributed by atoms with Gasteiger partial charge in [0.1, 0.15) is 13.2 Å². The number of ether oxygens (including phenoxy) is 2. The molecule has 1 atom stereocenters. The molecule has 0 unspecified atom stereocenters. The predicted octanol–water partition coefficient (Wildman–Crippen LogP) is 1.42. The van der Waals surface area contributed by atoms with Crippen LogP contribution in [0.1, 0.15) is 25.5 Å². The minimum Gasteiger partial charge on any atom is -0.486 e. The van der Waals surface area contributed by atoms with E-state index in [1.54, 1.807) is 0 Å². The first-order valence-electron chi connectivity index (χ1n) is 8.07. The summed E-state index contributed by atoms with van der Waals surface area (Å²) in [5.74, 6) is 1.66. The van der Waals surface area contributed by atoms with Crippen LogP contribution in [0.3, 0.4) is 0 Å². The van der Waals surface area contributed by atoms with Gasteiger partial charge in [0.15, 0.2) is 11.5 Å². The molecule has 2 aliphatic heterocycles. The number of benzene rings is 1. The third-order valence-corrected chi connectivity index (χ3v) is 4.56. The molecule has 0 aliphatic carbocycles. The highest BCUT2D eigenvalue weighted by Crippen LogP contribution is 2.46. The second kappa shape index (κ2) is 6.44. The molecule has 3 rings (SSSR count). The third-order valence-electron chi connectivity index (χ3n) is 4.56. The molecule has 1 aromatic rings. The van der Waals surface area contributed by atoms with Crippen molar-refractivity contribution in [1.82, 2.24) is 10.2 Å². The number of rotatable bonds is 4. The summed E-state index contributed by atoms with van der Waals surface area (Å²) in [5.41, 5.74) is 0.867. The zero-order valence-corrected chi connectivity index (χ0v) is 13.5. The van der Waals surface area contributed by atoms with Crippen molar-refractivity contribution < 1.29 is 14.6 Å². The van der Waals surface area contributed by atoms with Crippen LogP contribution in [0.25, 0.3) is 0 Å². The number of para-hydroxylation sites is 1. The van der Waals surface area contributed by atoms with Crippen LogP contribution in [-0.4, -0.2) is 56.0 Å². The summed E-state index contributed by atoms with van der Waals surface area (Å²) in [5, 5.41) is 13.3. The zero-order valence-electron chi connectivity index (χ0n) is 13.5. The van der Waals surface area contributed by atoms with Crippen molar-refractivity contribution in [1.29, 1.82) is 0 Å². The summed E-state index contributed by atoms with van der Waals surface area (Å²) < 4.78 is 11.6. The van der Waals surface area contributed by atoms with Crippen molar-refractivity contribution in [2.45, 2.75) is 19.9 Å². The molecule has 5 nitrogen and oxygen atoms in total. The Balaban J connectivity index is 2.02. The maximum atomic E-state index is 9.95. The summed E-state index contributed by atoms with van der Waals surface area (Å²) >= 11 is 0. The molecule has 22 heavy (non-hydrogen) atoms. The van der Waals surface area contributed by atoms with E-state index in [9.17, 15) is 5.11 Å². The van der Waals surface area contributed by atoms with Gasteiger partial charge < -0.3 is 19.9 Å². The van der Waals surface area contributed by atoms with Crippen molar-refractivity contribution in [3.63, 3.8) is 0 Å². The minimum atomic E-state index is -0.257. The average molecular weight is 306 g/mol. The number of hydrogen-bond donors (Lipinski definition) is 2. The van der Waals surface area contributed by atoms with Crippen molar-refractivity contribution in [3.05, 3.63) is 23.8 Å². The maximum Gasteiger partial charge on any atom is 0.166 e. The van der Waals surface area contributed by atoms with E-state index in [1.165, 1.54) is 0 Å². The molecule has 122 valence electrons. The molecule has 0 bridgehead atoms. The van der Waals surface area contributed by atoms with E-state index in [0.717, 1.165) is 43.2 Å². The minimum absolute atomic E-state index is 0.108. The molecule has 5 heteroatoms. The SMILES string of the molecule is CC(C)(CO)[C@@H](c1cccc2c1OCCO2)N1CCNCC1. The van der Waals surface area contributed by atoms with Gasteiger partial charge in [-0.2, -0.15) is 0 Å². The lowest BCUT2D eigenvalue weighted by molar-refractivity contribution is 0.0277. The Bertz CT molecular complexity index is 513. The van der Waals surface area contributed by atoms with Crippen LogP contribution in [0.5, 0.6) is 11.5 Å². The summed E-state index contributed by atoms with van der Waals surface area (Å²) in [4.78, 5) is 2.44. The van der Waals surface area contributed by atoms with Crippen LogP contribution in [0.4, 0.5) is 0 Å². The van der Waals surface area contributed by atoms with E-state index in [2.05, 4.69) is 30.1 Å². The van der Waals surface area contributed by atoms with E-state index < -0.39 is 0 Å². The van der Waals surface area contributed by atoms with Gasteiger partial charge in [-0.25, -0.2) is 0 Å². The highest BCUT2D eigenvalue weighted by molar-refractivity contribution is 5.49. The second-order valence-electron chi connectivity index (χ2n) is 6.71. The molecule has 1 aromatic carbocycles. The van der Waals surface area contributed by atoms with Gasteiger partial charge in [-0.05, 0) is 6.07 Å². The van der Waals surface area contributed by atoms with Crippen LogP contribution >= 0.6 is 0 Å². The Labute approximate surface area is 132 Å². The first kappa shape index (κ1) is 15.6. The standard InChI is InChI=1S/C17H26N2O3/c1-17(2,12-20)16(19-8-6-18-7-9-19)13-4-3-5-14-15(13)22-11-10-21-14/h3-5,16,18,20H,6-12H2,1-2H3/t16-/m1/s1. The van der Waals surface area contributed by atoms with Crippen LogP contribution in [0.15, 0.2) is 18.2 Å². The average Bonchev–Trinajstić information content (AvgIpc) is 2.56. The van der Waals surface area contributed by atoms with Gasteiger partial charge in [-0.3, -0.25) is 4.90 Å². The number of nitrogens with one attached hydrogen (secondary N) is 1. The lowest BCUT2D eigenvalue weighted by atomic mass is 9.79. The number of aliphatic hydroxyl groups excluding tert-OH is 1. The number of nitrogens with zero attached hydrogens (tertiary/aromatic N) is 1. The van der Waals surface area contributed by atoms with E-state index in [4.69, 9.17) is 9.47 Å². The first-order valence-corrected chi connectivity index (χ1v) is 8.07. The molecule has 1 fully saturated rings. The first-order chi connectivity index (χ1) is 10.6. The summed E-state index contributed by atoms with van der Waals surface area (Å²) in [6, 6.07) is 6.19. The summed E-state index contributed by atoms with van der Waals surface area (Å²) in [7, 11) is 0.